The zero-order valence-corrected chi connectivity index (χ0v) is 16.3. The molecule has 0 aliphatic carbocycles. The molecule has 1 aliphatic heterocycles. The molecule has 1 saturated heterocycles. The first kappa shape index (κ1) is 21.2. The summed E-state index contributed by atoms with van der Waals surface area (Å²) in [5.74, 6) is -0.435. The van der Waals surface area contributed by atoms with Crippen molar-refractivity contribution in [3.63, 3.8) is 0 Å². The van der Waals surface area contributed by atoms with E-state index >= 15 is 0 Å². The van der Waals surface area contributed by atoms with E-state index in [0.717, 1.165) is 27.8 Å². The minimum atomic E-state index is -4.56. The normalized spacial score (nSPS) is 16.0. The van der Waals surface area contributed by atoms with Crippen molar-refractivity contribution >= 4 is 32.3 Å². The van der Waals surface area contributed by atoms with Gasteiger partial charge in [-0.05, 0) is 30.3 Å². The van der Waals surface area contributed by atoms with Crippen LogP contribution in [-0.4, -0.2) is 54.6 Å². The smallest absolute Gasteiger partial charge is 0.335 e. The van der Waals surface area contributed by atoms with Crippen molar-refractivity contribution in [2.75, 3.05) is 26.2 Å². The van der Waals surface area contributed by atoms with Crippen molar-refractivity contribution < 1.29 is 31.3 Å². The van der Waals surface area contributed by atoms with E-state index in [1.165, 1.54) is 17.0 Å². The number of alkyl halides is 3. The standard InChI is InChI=1S/C16H14F3N3O5S2/c17-16(18,19)11-1-3-12(4-2-11)29(26,27)21-9-7-20(8-10-21)15(23)13-5-6-14(28-13)22(24)25/h1-6H,7-10H2. The first-order valence-electron chi connectivity index (χ1n) is 8.21. The predicted octanol–water partition coefficient (Wildman–Crippen LogP) is 2.82. The van der Waals surface area contributed by atoms with Crippen LogP contribution in [0.4, 0.5) is 18.2 Å². The Morgan fingerprint density at radius 2 is 1.62 bits per heavy atom. The van der Waals surface area contributed by atoms with E-state index in [2.05, 4.69) is 0 Å². The summed E-state index contributed by atoms with van der Waals surface area (Å²) in [4.78, 5) is 23.9. The number of halogens is 3. The molecule has 156 valence electrons. The molecule has 1 aliphatic rings. The number of rotatable bonds is 4. The Balaban J connectivity index is 1.67. The monoisotopic (exact) mass is 449 g/mol. The number of nitrogens with zero attached hydrogens (tertiary/aromatic N) is 3. The average Bonchev–Trinajstić information content (AvgIpc) is 3.17. The number of sulfonamides is 1. The Hall–Kier alpha value is -2.51. The molecule has 0 atom stereocenters. The number of carbonyl (C=O) groups is 1. The van der Waals surface area contributed by atoms with Gasteiger partial charge in [0.15, 0.2) is 0 Å². The van der Waals surface area contributed by atoms with Crippen LogP contribution in [-0.2, 0) is 16.2 Å². The average molecular weight is 449 g/mol. The number of piperazine rings is 1. The van der Waals surface area contributed by atoms with Crippen LogP contribution < -0.4 is 0 Å². The number of carbonyl (C=O) groups excluding carboxylic acids is 1. The number of benzene rings is 1. The van der Waals surface area contributed by atoms with Crippen LogP contribution in [0.3, 0.4) is 0 Å². The molecule has 1 aromatic carbocycles. The summed E-state index contributed by atoms with van der Waals surface area (Å²) in [6, 6.07) is 5.79. The highest BCUT2D eigenvalue weighted by atomic mass is 32.2. The molecule has 1 aromatic heterocycles. The molecule has 2 heterocycles. The van der Waals surface area contributed by atoms with E-state index in [1.807, 2.05) is 0 Å². The lowest BCUT2D eigenvalue weighted by atomic mass is 10.2. The lowest BCUT2D eigenvalue weighted by Crippen LogP contribution is -2.50. The number of hydrogen-bond donors (Lipinski definition) is 0. The fourth-order valence-corrected chi connectivity index (χ4v) is 5.00. The summed E-state index contributed by atoms with van der Waals surface area (Å²) >= 11 is 0.735. The minimum absolute atomic E-state index is 0.0391. The van der Waals surface area contributed by atoms with Crippen LogP contribution in [0.15, 0.2) is 41.3 Å². The predicted molar refractivity (Wildman–Crippen MR) is 97.1 cm³/mol. The van der Waals surface area contributed by atoms with Gasteiger partial charge < -0.3 is 4.90 Å². The van der Waals surface area contributed by atoms with Gasteiger partial charge in [0.1, 0.15) is 0 Å². The van der Waals surface area contributed by atoms with Crippen molar-refractivity contribution in [3.8, 4) is 0 Å². The van der Waals surface area contributed by atoms with Gasteiger partial charge in [-0.3, -0.25) is 14.9 Å². The van der Waals surface area contributed by atoms with E-state index in [4.69, 9.17) is 0 Å². The summed E-state index contributed by atoms with van der Waals surface area (Å²) in [5.41, 5.74) is -0.947. The Labute approximate surface area is 167 Å². The van der Waals surface area contributed by atoms with Gasteiger partial charge in [-0.15, -0.1) is 0 Å². The summed E-state index contributed by atoms with van der Waals surface area (Å²) < 4.78 is 64.3. The maximum Gasteiger partial charge on any atom is 0.416 e. The molecule has 0 N–H and O–H groups in total. The Morgan fingerprint density at radius 3 is 2.10 bits per heavy atom. The first-order chi connectivity index (χ1) is 13.5. The molecule has 0 unspecified atom stereocenters. The summed E-state index contributed by atoms with van der Waals surface area (Å²) in [5, 5.41) is 10.6. The molecule has 8 nitrogen and oxygen atoms in total. The zero-order chi connectivity index (χ0) is 21.4. The van der Waals surface area contributed by atoms with Gasteiger partial charge in [0.25, 0.3) is 5.91 Å². The maximum absolute atomic E-state index is 12.6. The highest BCUT2D eigenvalue weighted by Gasteiger charge is 2.33. The molecular weight excluding hydrogens is 435 g/mol. The van der Waals surface area contributed by atoms with E-state index < -0.39 is 32.6 Å². The van der Waals surface area contributed by atoms with E-state index in [1.54, 1.807) is 0 Å². The van der Waals surface area contributed by atoms with Crippen LogP contribution in [0.25, 0.3) is 0 Å². The van der Waals surface area contributed by atoms with Crippen LogP contribution in [0.2, 0.25) is 0 Å². The summed E-state index contributed by atoms with van der Waals surface area (Å²) in [6.07, 6.45) is -4.56. The molecule has 1 amide bonds. The Morgan fingerprint density at radius 1 is 1.03 bits per heavy atom. The third kappa shape index (κ3) is 4.41. The third-order valence-corrected chi connectivity index (χ3v) is 7.27. The molecule has 13 heteroatoms. The highest BCUT2D eigenvalue weighted by Crippen LogP contribution is 2.30. The second kappa shape index (κ2) is 7.72. The maximum atomic E-state index is 12.6. The number of nitro groups is 1. The first-order valence-corrected chi connectivity index (χ1v) is 10.5. The van der Waals surface area contributed by atoms with E-state index in [0.29, 0.717) is 12.1 Å². The zero-order valence-electron chi connectivity index (χ0n) is 14.6. The SMILES string of the molecule is O=C(c1ccc([N+](=O)[O-])s1)N1CCN(S(=O)(=O)c2ccc(C(F)(F)F)cc2)CC1. The third-order valence-electron chi connectivity index (χ3n) is 4.33. The van der Waals surface area contributed by atoms with Crippen molar-refractivity contribution in [1.82, 2.24) is 9.21 Å². The van der Waals surface area contributed by atoms with Gasteiger partial charge >= 0.3 is 11.2 Å². The molecular formula is C16H14F3N3O5S2. The molecule has 0 spiro atoms. The largest absolute Gasteiger partial charge is 0.416 e. The van der Waals surface area contributed by atoms with Crippen LogP contribution in [0.1, 0.15) is 15.2 Å². The molecule has 29 heavy (non-hydrogen) atoms. The Bertz CT molecular complexity index is 1030. The van der Waals surface area contributed by atoms with Crippen LogP contribution in [0.5, 0.6) is 0 Å². The molecule has 3 rings (SSSR count). The van der Waals surface area contributed by atoms with Gasteiger partial charge in [0.05, 0.1) is 20.3 Å². The van der Waals surface area contributed by atoms with Gasteiger partial charge in [-0.1, -0.05) is 11.3 Å². The molecule has 0 radical (unpaired) electrons. The van der Waals surface area contributed by atoms with Gasteiger partial charge in [0, 0.05) is 32.2 Å². The Kier molecular flexibility index (Phi) is 5.65. The van der Waals surface area contributed by atoms with Crippen molar-refractivity contribution in [2.45, 2.75) is 11.1 Å². The van der Waals surface area contributed by atoms with E-state index in [-0.39, 0.29) is 41.0 Å². The summed E-state index contributed by atoms with van der Waals surface area (Å²) in [6.45, 7) is 0.0416. The lowest BCUT2D eigenvalue weighted by molar-refractivity contribution is -0.380. The second-order valence-corrected chi connectivity index (χ2v) is 9.11. The van der Waals surface area contributed by atoms with Crippen molar-refractivity contribution in [2.24, 2.45) is 0 Å². The molecule has 2 aromatic rings. The fourth-order valence-electron chi connectivity index (χ4n) is 2.79. The summed E-state index contributed by atoms with van der Waals surface area (Å²) in [7, 11) is -4.00. The topological polar surface area (TPSA) is 101 Å². The lowest BCUT2D eigenvalue weighted by Gasteiger charge is -2.33. The van der Waals surface area contributed by atoms with Gasteiger partial charge in [-0.2, -0.15) is 17.5 Å². The second-order valence-electron chi connectivity index (χ2n) is 6.11. The van der Waals surface area contributed by atoms with Crippen LogP contribution in [0, 0.1) is 10.1 Å². The van der Waals surface area contributed by atoms with Gasteiger partial charge in [-0.25, -0.2) is 8.42 Å². The number of thiophene rings is 1. The quantitative estimate of drug-likeness (QED) is 0.528. The van der Waals surface area contributed by atoms with Crippen molar-refractivity contribution in [3.05, 3.63) is 57.0 Å². The van der Waals surface area contributed by atoms with Crippen LogP contribution >= 0.6 is 11.3 Å². The minimum Gasteiger partial charge on any atom is -0.335 e. The highest BCUT2D eigenvalue weighted by molar-refractivity contribution is 7.89. The molecule has 0 bridgehead atoms. The molecule has 1 fully saturated rings. The number of amides is 1. The van der Waals surface area contributed by atoms with Crippen molar-refractivity contribution in [1.29, 1.82) is 0 Å². The number of hydrogen-bond acceptors (Lipinski definition) is 6. The molecule has 0 saturated carbocycles. The van der Waals surface area contributed by atoms with E-state index in [9.17, 15) is 36.5 Å². The van der Waals surface area contributed by atoms with Gasteiger partial charge in [0.2, 0.25) is 10.0 Å². The fraction of sp³-hybridized carbons (Fsp3) is 0.312.